The molecule has 1 saturated carbocycles. The zero-order chi connectivity index (χ0) is 24.5. The number of nitrogens with zero attached hydrogens (tertiary/aromatic N) is 4. The summed E-state index contributed by atoms with van der Waals surface area (Å²) >= 11 is 0. The molecule has 182 valence electrons. The largest absolute Gasteiger partial charge is 0.495 e. The van der Waals surface area contributed by atoms with Crippen molar-refractivity contribution in [3.63, 3.8) is 0 Å². The number of hydrogen-bond acceptors (Lipinski definition) is 7. The number of amides is 1. The lowest BCUT2D eigenvalue weighted by molar-refractivity contribution is -0.126. The van der Waals surface area contributed by atoms with Crippen molar-refractivity contribution in [2.75, 3.05) is 35.8 Å². The monoisotopic (exact) mass is 467 g/mol. The molecule has 0 bridgehead atoms. The molecule has 9 heteroatoms. The smallest absolute Gasteiger partial charge is 0.335 e. The van der Waals surface area contributed by atoms with E-state index in [1.807, 2.05) is 6.92 Å². The van der Waals surface area contributed by atoms with Crippen molar-refractivity contribution in [2.24, 2.45) is 5.41 Å². The van der Waals surface area contributed by atoms with E-state index in [4.69, 9.17) is 9.72 Å². The number of hydrogen-bond donors (Lipinski definition) is 2. The fourth-order valence-electron chi connectivity index (χ4n) is 4.91. The first-order chi connectivity index (χ1) is 16.3. The fraction of sp³-hybridized carbons (Fsp3) is 0.520. The third-order valence-corrected chi connectivity index (χ3v) is 7.21. The summed E-state index contributed by atoms with van der Waals surface area (Å²) in [5, 5.41) is 12.4. The number of benzene rings is 1. The SMILES string of the molecule is CC[C@@]1(C)CN(C2CCCCC2)c2nc(Nc3ccc(C(=O)O)cc3OC)ncc2N(C)C1=O. The van der Waals surface area contributed by atoms with E-state index in [0.717, 1.165) is 25.1 Å². The zero-order valence-electron chi connectivity index (χ0n) is 20.3. The van der Waals surface area contributed by atoms with E-state index in [9.17, 15) is 14.7 Å². The predicted molar refractivity (Wildman–Crippen MR) is 131 cm³/mol. The lowest BCUT2D eigenvalue weighted by Crippen LogP contribution is -2.47. The van der Waals surface area contributed by atoms with E-state index in [1.54, 1.807) is 24.2 Å². The number of ether oxygens (including phenoxy) is 1. The Labute approximate surface area is 200 Å². The Balaban J connectivity index is 1.75. The van der Waals surface area contributed by atoms with Crippen LogP contribution >= 0.6 is 0 Å². The average Bonchev–Trinajstić information content (AvgIpc) is 2.94. The molecule has 1 aromatic heterocycles. The van der Waals surface area contributed by atoms with Crippen LogP contribution < -0.4 is 19.9 Å². The highest BCUT2D eigenvalue weighted by atomic mass is 16.5. The number of rotatable bonds is 6. The van der Waals surface area contributed by atoms with Gasteiger partial charge in [0.15, 0.2) is 5.82 Å². The summed E-state index contributed by atoms with van der Waals surface area (Å²) in [6, 6.07) is 4.93. The van der Waals surface area contributed by atoms with Crippen LogP contribution in [-0.4, -0.2) is 53.7 Å². The van der Waals surface area contributed by atoms with Gasteiger partial charge in [-0.3, -0.25) is 4.79 Å². The molecule has 2 heterocycles. The lowest BCUT2D eigenvalue weighted by Gasteiger charge is -2.38. The first-order valence-corrected chi connectivity index (χ1v) is 11.9. The molecule has 34 heavy (non-hydrogen) atoms. The van der Waals surface area contributed by atoms with Crippen molar-refractivity contribution in [1.82, 2.24) is 9.97 Å². The highest BCUT2D eigenvalue weighted by Crippen LogP contribution is 2.41. The minimum absolute atomic E-state index is 0.0739. The summed E-state index contributed by atoms with van der Waals surface area (Å²) in [5.41, 5.74) is 0.878. The van der Waals surface area contributed by atoms with Crippen LogP contribution in [0.3, 0.4) is 0 Å². The van der Waals surface area contributed by atoms with E-state index in [1.165, 1.54) is 38.5 Å². The normalized spacial score (nSPS) is 21.1. The maximum absolute atomic E-state index is 13.4. The van der Waals surface area contributed by atoms with Crippen molar-refractivity contribution in [3.05, 3.63) is 30.0 Å². The van der Waals surface area contributed by atoms with Crippen molar-refractivity contribution in [1.29, 1.82) is 0 Å². The number of fused-ring (bicyclic) bond motifs is 1. The van der Waals surface area contributed by atoms with Crippen LogP contribution in [0.25, 0.3) is 0 Å². The fourth-order valence-corrected chi connectivity index (χ4v) is 4.91. The first-order valence-electron chi connectivity index (χ1n) is 11.9. The predicted octanol–water partition coefficient (Wildman–Crippen LogP) is 4.46. The van der Waals surface area contributed by atoms with Crippen molar-refractivity contribution in [3.8, 4) is 5.75 Å². The van der Waals surface area contributed by atoms with Gasteiger partial charge >= 0.3 is 5.97 Å². The number of carboxylic acids is 1. The highest BCUT2D eigenvalue weighted by molar-refractivity contribution is 6.01. The molecule has 0 radical (unpaired) electrons. The lowest BCUT2D eigenvalue weighted by atomic mass is 9.84. The molecule has 1 aliphatic heterocycles. The summed E-state index contributed by atoms with van der Waals surface area (Å²) < 4.78 is 5.39. The summed E-state index contributed by atoms with van der Waals surface area (Å²) in [4.78, 5) is 38.1. The van der Waals surface area contributed by atoms with Gasteiger partial charge in [-0.2, -0.15) is 4.98 Å². The van der Waals surface area contributed by atoms with Gasteiger partial charge < -0.3 is 25.0 Å². The van der Waals surface area contributed by atoms with E-state index in [-0.39, 0.29) is 11.5 Å². The minimum Gasteiger partial charge on any atom is -0.495 e. The molecule has 1 aliphatic carbocycles. The van der Waals surface area contributed by atoms with Crippen LogP contribution in [0.4, 0.5) is 23.1 Å². The molecule has 0 saturated heterocycles. The van der Waals surface area contributed by atoms with Gasteiger partial charge in [0.25, 0.3) is 0 Å². The second-order valence-corrected chi connectivity index (χ2v) is 9.45. The maximum atomic E-state index is 13.4. The summed E-state index contributed by atoms with van der Waals surface area (Å²) in [6.07, 6.45) is 8.17. The van der Waals surface area contributed by atoms with Crippen LogP contribution in [0, 0.1) is 5.41 Å². The van der Waals surface area contributed by atoms with Gasteiger partial charge in [-0.05, 0) is 44.4 Å². The molecule has 1 aromatic carbocycles. The Kier molecular flexibility index (Phi) is 6.63. The zero-order valence-corrected chi connectivity index (χ0v) is 20.3. The van der Waals surface area contributed by atoms with Gasteiger partial charge in [-0.25, -0.2) is 9.78 Å². The molecule has 1 amide bonds. The van der Waals surface area contributed by atoms with Crippen LogP contribution in [-0.2, 0) is 4.79 Å². The molecule has 1 atom stereocenters. The molecule has 0 unspecified atom stereocenters. The van der Waals surface area contributed by atoms with Gasteiger partial charge in [-0.15, -0.1) is 0 Å². The van der Waals surface area contributed by atoms with Crippen LogP contribution in [0.15, 0.2) is 24.4 Å². The first kappa shape index (κ1) is 23.8. The molecule has 2 N–H and O–H groups in total. The third kappa shape index (κ3) is 4.38. The molecular formula is C25H33N5O4. The number of anilines is 4. The summed E-state index contributed by atoms with van der Waals surface area (Å²) in [5.74, 6) is 0.541. The van der Waals surface area contributed by atoms with E-state index < -0.39 is 11.4 Å². The molecule has 2 aromatic rings. The Hall–Kier alpha value is -3.36. The molecular weight excluding hydrogens is 434 g/mol. The van der Waals surface area contributed by atoms with Crippen LogP contribution in [0.2, 0.25) is 0 Å². The van der Waals surface area contributed by atoms with Crippen molar-refractivity contribution >= 4 is 35.0 Å². The number of aromatic nitrogens is 2. The number of nitrogens with one attached hydrogen (secondary N) is 1. The summed E-state index contributed by atoms with van der Waals surface area (Å²) in [7, 11) is 3.28. The Morgan fingerprint density at radius 1 is 1.29 bits per heavy atom. The minimum atomic E-state index is -1.03. The quantitative estimate of drug-likeness (QED) is 0.641. The second kappa shape index (κ2) is 9.48. The molecule has 9 nitrogen and oxygen atoms in total. The number of carbonyl (C=O) groups is 2. The molecule has 2 aliphatic rings. The van der Waals surface area contributed by atoms with Crippen molar-refractivity contribution in [2.45, 2.75) is 58.4 Å². The van der Waals surface area contributed by atoms with Gasteiger partial charge in [-0.1, -0.05) is 26.2 Å². The topological polar surface area (TPSA) is 108 Å². The Morgan fingerprint density at radius 2 is 2.03 bits per heavy atom. The number of carboxylic acid groups (broad SMARTS) is 1. The summed E-state index contributed by atoms with van der Waals surface area (Å²) in [6.45, 7) is 4.71. The molecule has 4 rings (SSSR count). The number of methoxy groups -OCH3 is 1. The van der Waals surface area contributed by atoms with Crippen molar-refractivity contribution < 1.29 is 19.4 Å². The van der Waals surface area contributed by atoms with E-state index >= 15 is 0 Å². The third-order valence-electron chi connectivity index (χ3n) is 7.21. The number of carbonyl (C=O) groups excluding carboxylic acids is 1. The molecule has 1 fully saturated rings. The Morgan fingerprint density at radius 3 is 2.68 bits per heavy atom. The Bertz CT molecular complexity index is 1080. The second-order valence-electron chi connectivity index (χ2n) is 9.45. The van der Waals surface area contributed by atoms with Gasteiger partial charge in [0, 0.05) is 19.6 Å². The van der Waals surface area contributed by atoms with Crippen LogP contribution in [0.5, 0.6) is 5.75 Å². The van der Waals surface area contributed by atoms with E-state index in [2.05, 4.69) is 22.1 Å². The average molecular weight is 468 g/mol. The van der Waals surface area contributed by atoms with E-state index in [0.29, 0.717) is 35.7 Å². The van der Waals surface area contributed by atoms with Crippen LogP contribution in [0.1, 0.15) is 62.7 Å². The van der Waals surface area contributed by atoms with Gasteiger partial charge in [0.2, 0.25) is 11.9 Å². The maximum Gasteiger partial charge on any atom is 0.335 e. The standard InChI is InChI=1S/C25H33N5O4/c1-5-25(2)15-30(17-9-7-6-8-10-17)21-19(29(3)23(25)33)14-26-24(28-21)27-18-12-11-16(22(31)32)13-20(18)34-4/h11-14,17H,5-10,15H2,1-4H3,(H,31,32)(H,26,27,28)/t25-/m0/s1. The molecule has 0 spiro atoms. The van der Waals surface area contributed by atoms with Gasteiger partial charge in [0.05, 0.1) is 30.0 Å². The highest BCUT2D eigenvalue weighted by Gasteiger charge is 2.43. The van der Waals surface area contributed by atoms with Gasteiger partial charge in [0.1, 0.15) is 11.4 Å². The number of aromatic carboxylic acids is 1.